The summed E-state index contributed by atoms with van der Waals surface area (Å²) < 4.78 is 0.875. The Morgan fingerprint density at radius 2 is 2.21 bits per heavy atom. The van der Waals surface area contributed by atoms with Crippen LogP contribution < -0.4 is 5.32 Å². The zero-order valence-electron chi connectivity index (χ0n) is 7.89. The molecule has 0 saturated carbocycles. The van der Waals surface area contributed by atoms with Crippen molar-refractivity contribution in [2.45, 2.75) is 13.8 Å². The van der Waals surface area contributed by atoms with E-state index in [2.05, 4.69) is 21.2 Å². The van der Waals surface area contributed by atoms with Crippen LogP contribution >= 0.6 is 15.9 Å². The molecule has 0 aliphatic heterocycles. The SMILES string of the molecule is CC(=O)Nc1cc(Br)c(C)cc1C#N. The number of amides is 1. The number of hydrogen-bond acceptors (Lipinski definition) is 2. The summed E-state index contributed by atoms with van der Waals surface area (Å²) in [4.78, 5) is 10.8. The first kappa shape index (κ1) is 10.7. The van der Waals surface area contributed by atoms with Crippen LogP contribution in [0.25, 0.3) is 0 Å². The van der Waals surface area contributed by atoms with E-state index >= 15 is 0 Å². The van der Waals surface area contributed by atoms with Gasteiger partial charge in [-0.3, -0.25) is 4.79 Å². The van der Waals surface area contributed by atoms with Crippen molar-refractivity contribution in [2.24, 2.45) is 0 Å². The Morgan fingerprint density at radius 3 is 2.71 bits per heavy atom. The van der Waals surface area contributed by atoms with Crippen molar-refractivity contribution < 1.29 is 4.79 Å². The summed E-state index contributed by atoms with van der Waals surface area (Å²) in [6, 6.07) is 5.50. The van der Waals surface area contributed by atoms with Crippen molar-refractivity contribution in [3.63, 3.8) is 0 Å². The molecule has 0 heterocycles. The number of aryl methyl sites for hydroxylation is 1. The monoisotopic (exact) mass is 252 g/mol. The molecule has 1 amide bonds. The van der Waals surface area contributed by atoms with E-state index < -0.39 is 0 Å². The average Bonchev–Trinajstić information content (AvgIpc) is 2.10. The van der Waals surface area contributed by atoms with Gasteiger partial charge in [-0.2, -0.15) is 5.26 Å². The Hall–Kier alpha value is -1.34. The van der Waals surface area contributed by atoms with E-state index in [1.165, 1.54) is 6.92 Å². The summed E-state index contributed by atoms with van der Waals surface area (Å²) in [5.74, 6) is -0.183. The van der Waals surface area contributed by atoms with E-state index in [0.29, 0.717) is 11.3 Å². The van der Waals surface area contributed by atoms with Crippen LogP contribution in [0.3, 0.4) is 0 Å². The Balaban J connectivity index is 3.22. The van der Waals surface area contributed by atoms with Gasteiger partial charge >= 0.3 is 0 Å². The van der Waals surface area contributed by atoms with E-state index in [-0.39, 0.29) is 5.91 Å². The second kappa shape index (κ2) is 4.25. The molecule has 14 heavy (non-hydrogen) atoms. The zero-order valence-corrected chi connectivity index (χ0v) is 9.47. The Morgan fingerprint density at radius 1 is 1.57 bits per heavy atom. The number of hydrogen-bond donors (Lipinski definition) is 1. The number of anilines is 1. The average molecular weight is 253 g/mol. The summed E-state index contributed by atoms with van der Waals surface area (Å²) in [6.45, 7) is 3.30. The van der Waals surface area contributed by atoms with Crippen LogP contribution in [-0.2, 0) is 4.79 Å². The van der Waals surface area contributed by atoms with Crippen LogP contribution in [0, 0.1) is 18.3 Å². The van der Waals surface area contributed by atoms with Gasteiger partial charge in [-0.25, -0.2) is 0 Å². The number of benzene rings is 1. The van der Waals surface area contributed by atoms with Crippen molar-refractivity contribution in [2.75, 3.05) is 5.32 Å². The molecule has 0 aliphatic carbocycles. The molecule has 0 fully saturated rings. The Bertz CT molecular complexity index is 421. The molecule has 0 saturated heterocycles. The number of nitrogens with one attached hydrogen (secondary N) is 1. The van der Waals surface area contributed by atoms with Gasteiger partial charge in [0.05, 0.1) is 11.3 Å². The molecule has 0 spiro atoms. The first-order chi connectivity index (χ1) is 6.54. The Kier molecular flexibility index (Phi) is 3.26. The minimum Gasteiger partial charge on any atom is -0.325 e. The van der Waals surface area contributed by atoms with Crippen molar-refractivity contribution in [3.05, 3.63) is 27.7 Å². The molecule has 0 aliphatic rings. The molecule has 3 nitrogen and oxygen atoms in total. The number of carbonyl (C=O) groups excluding carboxylic acids is 1. The van der Waals surface area contributed by atoms with Crippen molar-refractivity contribution in [1.29, 1.82) is 5.26 Å². The topological polar surface area (TPSA) is 52.9 Å². The van der Waals surface area contributed by atoms with E-state index in [1.54, 1.807) is 12.1 Å². The summed E-state index contributed by atoms with van der Waals surface area (Å²) in [5, 5.41) is 11.4. The fourth-order valence-corrected chi connectivity index (χ4v) is 1.41. The number of rotatable bonds is 1. The highest BCUT2D eigenvalue weighted by molar-refractivity contribution is 9.10. The summed E-state index contributed by atoms with van der Waals surface area (Å²) >= 11 is 3.34. The number of nitriles is 1. The number of halogens is 1. The molecular weight excluding hydrogens is 244 g/mol. The predicted octanol–water partition coefficient (Wildman–Crippen LogP) is 2.59. The van der Waals surface area contributed by atoms with Gasteiger partial charge in [-0.15, -0.1) is 0 Å². The lowest BCUT2D eigenvalue weighted by molar-refractivity contribution is -0.114. The second-order valence-electron chi connectivity index (χ2n) is 2.94. The standard InChI is InChI=1S/C10H9BrN2O/c1-6-3-8(5-12)10(4-9(6)11)13-7(2)14/h3-4H,1-2H3,(H,13,14). The van der Waals surface area contributed by atoms with Crippen molar-refractivity contribution in [1.82, 2.24) is 0 Å². The first-order valence-electron chi connectivity index (χ1n) is 4.02. The third-order valence-corrected chi connectivity index (χ3v) is 2.58. The predicted molar refractivity (Wildman–Crippen MR) is 57.9 cm³/mol. The fourth-order valence-electron chi connectivity index (χ4n) is 1.07. The third-order valence-electron chi connectivity index (χ3n) is 1.73. The molecule has 1 aromatic carbocycles. The highest BCUT2D eigenvalue weighted by Crippen LogP contribution is 2.24. The van der Waals surface area contributed by atoms with E-state index in [1.807, 2.05) is 13.0 Å². The van der Waals surface area contributed by atoms with Gasteiger partial charge in [0, 0.05) is 11.4 Å². The third kappa shape index (κ3) is 2.33. The smallest absolute Gasteiger partial charge is 0.221 e. The van der Waals surface area contributed by atoms with Crippen LogP contribution in [0.2, 0.25) is 0 Å². The van der Waals surface area contributed by atoms with Gasteiger partial charge in [-0.05, 0) is 24.6 Å². The van der Waals surface area contributed by atoms with Gasteiger partial charge in [0.1, 0.15) is 6.07 Å². The maximum Gasteiger partial charge on any atom is 0.221 e. The minimum absolute atomic E-state index is 0.183. The molecule has 1 N–H and O–H groups in total. The lowest BCUT2D eigenvalue weighted by Gasteiger charge is -2.06. The largest absolute Gasteiger partial charge is 0.325 e. The van der Waals surface area contributed by atoms with Crippen molar-refractivity contribution in [3.8, 4) is 6.07 Å². The summed E-state index contributed by atoms with van der Waals surface area (Å²) in [7, 11) is 0. The summed E-state index contributed by atoms with van der Waals surface area (Å²) in [5.41, 5.74) is 1.98. The molecule has 1 aromatic rings. The van der Waals surface area contributed by atoms with Crippen molar-refractivity contribution >= 4 is 27.5 Å². The minimum atomic E-state index is -0.183. The van der Waals surface area contributed by atoms with E-state index in [4.69, 9.17) is 5.26 Å². The number of carbonyl (C=O) groups is 1. The normalized spacial score (nSPS) is 9.29. The zero-order chi connectivity index (χ0) is 10.7. The quantitative estimate of drug-likeness (QED) is 0.836. The molecule has 0 atom stereocenters. The Labute approximate surface area is 90.9 Å². The molecule has 0 unspecified atom stereocenters. The van der Waals surface area contributed by atoms with Crippen LogP contribution in [0.5, 0.6) is 0 Å². The molecule has 4 heteroatoms. The lowest BCUT2D eigenvalue weighted by atomic mass is 10.1. The maximum atomic E-state index is 10.8. The highest BCUT2D eigenvalue weighted by atomic mass is 79.9. The second-order valence-corrected chi connectivity index (χ2v) is 3.79. The highest BCUT2D eigenvalue weighted by Gasteiger charge is 2.06. The first-order valence-corrected chi connectivity index (χ1v) is 4.81. The van der Waals surface area contributed by atoms with E-state index in [9.17, 15) is 4.79 Å². The van der Waals surface area contributed by atoms with Crippen LogP contribution in [0.4, 0.5) is 5.69 Å². The van der Waals surface area contributed by atoms with Crippen LogP contribution in [0.1, 0.15) is 18.1 Å². The van der Waals surface area contributed by atoms with E-state index in [0.717, 1.165) is 10.0 Å². The van der Waals surface area contributed by atoms with Gasteiger partial charge in [0.25, 0.3) is 0 Å². The molecule has 72 valence electrons. The number of nitrogens with zero attached hydrogens (tertiary/aromatic N) is 1. The van der Waals surface area contributed by atoms with Crippen LogP contribution in [0.15, 0.2) is 16.6 Å². The maximum absolute atomic E-state index is 10.8. The lowest BCUT2D eigenvalue weighted by Crippen LogP contribution is -2.07. The summed E-state index contributed by atoms with van der Waals surface area (Å²) in [6.07, 6.45) is 0. The molecule has 1 rings (SSSR count). The fraction of sp³-hybridized carbons (Fsp3) is 0.200. The van der Waals surface area contributed by atoms with Gasteiger partial charge in [-0.1, -0.05) is 15.9 Å². The van der Waals surface area contributed by atoms with Gasteiger partial charge < -0.3 is 5.32 Å². The van der Waals surface area contributed by atoms with Gasteiger partial charge in [0.2, 0.25) is 5.91 Å². The molecule has 0 aromatic heterocycles. The van der Waals surface area contributed by atoms with Gasteiger partial charge in [0.15, 0.2) is 0 Å². The molecular formula is C10H9BrN2O. The molecule has 0 radical (unpaired) electrons. The van der Waals surface area contributed by atoms with Crippen LogP contribution in [-0.4, -0.2) is 5.91 Å². The molecule has 0 bridgehead atoms.